The number of ether oxygens (including phenoxy) is 4. The van der Waals surface area contributed by atoms with E-state index in [2.05, 4.69) is 10.4 Å². The normalized spacial score (nSPS) is 12.4. The van der Waals surface area contributed by atoms with Crippen LogP contribution in [-0.4, -0.2) is 55.0 Å². The Bertz CT molecular complexity index is 1640. The molecule has 0 bridgehead atoms. The molecule has 1 aliphatic carbocycles. The van der Waals surface area contributed by atoms with Gasteiger partial charge >= 0.3 is 5.97 Å². The molecule has 0 unspecified atom stereocenters. The number of carbonyl (C=O) groups is 2. The van der Waals surface area contributed by atoms with E-state index >= 15 is 0 Å². The zero-order valence-electron chi connectivity index (χ0n) is 25.8. The minimum Gasteiger partial charge on any atom is -0.497 e. The number of nitrogens with one attached hydrogen (secondary N) is 1. The van der Waals surface area contributed by atoms with E-state index in [0.717, 1.165) is 40.9 Å². The second-order valence-electron chi connectivity index (χ2n) is 10.7. The largest absolute Gasteiger partial charge is 0.497 e. The van der Waals surface area contributed by atoms with Gasteiger partial charge in [0.1, 0.15) is 22.9 Å². The highest BCUT2D eigenvalue weighted by molar-refractivity contribution is 5.93. The van der Waals surface area contributed by atoms with Crippen molar-refractivity contribution in [2.45, 2.75) is 38.4 Å². The smallest absolute Gasteiger partial charge is 0.337 e. The molecule has 3 aromatic carbocycles. The Hall–Kier alpha value is -4.99. The number of methoxy groups -OCH3 is 4. The summed E-state index contributed by atoms with van der Waals surface area (Å²) in [4.78, 5) is 27.9. The molecule has 0 aliphatic heterocycles. The maximum atomic E-state index is 14.2. The van der Waals surface area contributed by atoms with E-state index in [-0.39, 0.29) is 25.0 Å². The average molecular weight is 599 g/mol. The quantitative estimate of drug-likeness (QED) is 0.200. The van der Waals surface area contributed by atoms with E-state index in [1.165, 1.54) is 7.11 Å². The molecule has 10 nitrogen and oxygen atoms in total. The summed E-state index contributed by atoms with van der Waals surface area (Å²) in [5.74, 6) is 1.81. The molecular weight excluding hydrogens is 560 g/mol. The van der Waals surface area contributed by atoms with Crippen LogP contribution in [-0.2, 0) is 31.4 Å². The summed E-state index contributed by atoms with van der Waals surface area (Å²) in [6, 6.07) is 20.6. The Kier molecular flexibility index (Phi) is 9.38. The molecule has 1 saturated carbocycles. The molecule has 1 N–H and O–H groups in total. The maximum Gasteiger partial charge on any atom is 0.337 e. The monoisotopic (exact) mass is 598 g/mol. The summed E-state index contributed by atoms with van der Waals surface area (Å²) in [6.45, 7) is 1.01. The van der Waals surface area contributed by atoms with Crippen LogP contribution in [0.1, 0.15) is 62.0 Å². The Balaban J connectivity index is 1.44. The molecule has 0 spiro atoms. The fourth-order valence-electron chi connectivity index (χ4n) is 5.24. The Labute approximate surface area is 257 Å². The second-order valence-corrected chi connectivity index (χ2v) is 10.7. The van der Waals surface area contributed by atoms with Crippen molar-refractivity contribution in [3.05, 3.63) is 100 Å². The SMILES string of the molecule is COC(=O)c1cccc(CNc2cccc(CN(Cc3ccc(OC)cc3OC)C(=O)c3cc(C4CC4)nn3C)c2OC)c1. The number of para-hydroxylation sites is 1. The molecule has 10 heteroatoms. The van der Waals surface area contributed by atoms with Crippen LogP contribution in [0.25, 0.3) is 0 Å². The molecule has 4 aromatic rings. The fourth-order valence-corrected chi connectivity index (χ4v) is 5.24. The number of hydrogen-bond donors (Lipinski definition) is 1. The van der Waals surface area contributed by atoms with Crippen LogP contribution in [0.5, 0.6) is 17.2 Å². The van der Waals surface area contributed by atoms with E-state index in [9.17, 15) is 9.59 Å². The van der Waals surface area contributed by atoms with Gasteiger partial charge in [-0.05, 0) is 54.8 Å². The van der Waals surface area contributed by atoms with Crippen LogP contribution < -0.4 is 19.5 Å². The molecule has 1 fully saturated rings. The van der Waals surface area contributed by atoms with Crippen LogP contribution >= 0.6 is 0 Å². The lowest BCUT2D eigenvalue weighted by atomic mass is 10.1. The van der Waals surface area contributed by atoms with Crippen molar-refractivity contribution in [1.82, 2.24) is 14.7 Å². The first-order valence-corrected chi connectivity index (χ1v) is 14.5. The number of amides is 1. The van der Waals surface area contributed by atoms with Crippen molar-refractivity contribution in [2.75, 3.05) is 33.8 Å². The summed E-state index contributed by atoms with van der Waals surface area (Å²) in [5.41, 5.74) is 5.30. The van der Waals surface area contributed by atoms with Gasteiger partial charge in [0.25, 0.3) is 5.91 Å². The lowest BCUT2D eigenvalue weighted by Crippen LogP contribution is -2.32. The number of benzene rings is 3. The van der Waals surface area contributed by atoms with Crippen molar-refractivity contribution >= 4 is 17.6 Å². The molecule has 0 radical (unpaired) electrons. The molecule has 5 rings (SSSR count). The molecule has 1 heterocycles. The van der Waals surface area contributed by atoms with E-state index < -0.39 is 0 Å². The first-order valence-electron chi connectivity index (χ1n) is 14.5. The van der Waals surface area contributed by atoms with Gasteiger partial charge < -0.3 is 29.2 Å². The third-order valence-corrected chi connectivity index (χ3v) is 7.75. The lowest BCUT2D eigenvalue weighted by molar-refractivity contribution is 0.0600. The Morgan fingerprint density at radius 2 is 1.68 bits per heavy atom. The maximum absolute atomic E-state index is 14.2. The minimum absolute atomic E-state index is 0.148. The molecule has 0 atom stereocenters. The first kappa shape index (κ1) is 30.5. The number of anilines is 1. The van der Waals surface area contributed by atoms with E-state index in [4.69, 9.17) is 18.9 Å². The van der Waals surface area contributed by atoms with Gasteiger partial charge in [-0.15, -0.1) is 0 Å². The topological polar surface area (TPSA) is 104 Å². The van der Waals surface area contributed by atoms with Gasteiger partial charge in [-0.3, -0.25) is 9.48 Å². The van der Waals surface area contributed by atoms with Gasteiger partial charge in [-0.2, -0.15) is 5.10 Å². The van der Waals surface area contributed by atoms with Crippen LogP contribution in [0, 0.1) is 0 Å². The van der Waals surface area contributed by atoms with Gasteiger partial charge in [-0.1, -0.05) is 24.3 Å². The van der Waals surface area contributed by atoms with Crippen molar-refractivity contribution in [2.24, 2.45) is 7.05 Å². The standard InChI is InChI=1S/C34H38N4O6/c1-37-30(18-29(36-37)23-12-13-23)33(39)38(20-25-14-15-27(41-2)17-31(25)42-3)21-26-10-7-11-28(32(26)43-4)35-19-22-8-6-9-24(16-22)34(40)44-5/h6-11,14-18,23,35H,12-13,19-21H2,1-5H3. The molecule has 1 aliphatic rings. The highest BCUT2D eigenvalue weighted by atomic mass is 16.5. The van der Waals surface area contributed by atoms with Crippen LogP contribution in [0.2, 0.25) is 0 Å². The molecule has 230 valence electrons. The number of carbonyl (C=O) groups excluding carboxylic acids is 2. The summed E-state index contributed by atoms with van der Waals surface area (Å²) in [7, 11) is 8.00. The third kappa shape index (κ3) is 6.80. The predicted octanol–water partition coefficient (Wildman–Crippen LogP) is 5.56. The van der Waals surface area contributed by atoms with Crippen molar-refractivity contribution in [3.63, 3.8) is 0 Å². The highest BCUT2D eigenvalue weighted by Crippen LogP contribution is 2.39. The number of esters is 1. The summed E-state index contributed by atoms with van der Waals surface area (Å²) in [5, 5.41) is 8.06. The molecule has 1 aromatic heterocycles. The van der Waals surface area contributed by atoms with Gasteiger partial charge in [0.15, 0.2) is 0 Å². The number of rotatable bonds is 13. The molecular formula is C34H38N4O6. The van der Waals surface area contributed by atoms with Gasteiger partial charge in [0.2, 0.25) is 0 Å². The lowest BCUT2D eigenvalue weighted by Gasteiger charge is -2.25. The van der Waals surface area contributed by atoms with Crippen molar-refractivity contribution < 1.29 is 28.5 Å². The average Bonchev–Trinajstić information content (AvgIpc) is 3.83. The Morgan fingerprint density at radius 1 is 0.909 bits per heavy atom. The number of aromatic nitrogens is 2. The van der Waals surface area contributed by atoms with Crippen LogP contribution in [0.4, 0.5) is 5.69 Å². The van der Waals surface area contributed by atoms with Crippen molar-refractivity contribution in [1.29, 1.82) is 0 Å². The zero-order chi connectivity index (χ0) is 31.2. The Morgan fingerprint density at radius 3 is 2.39 bits per heavy atom. The van der Waals surface area contributed by atoms with E-state index in [1.807, 2.05) is 61.6 Å². The van der Waals surface area contributed by atoms with Crippen LogP contribution in [0.3, 0.4) is 0 Å². The second kappa shape index (κ2) is 13.5. The third-order valence-electron chi connectivity index (χ3n) is 7.75. The molecule has 44 heavy (non-hydrogen) atoms. The summed E-state index contributed by atoms with van der Waals surface area (Å²) in [6.07, 6.45) is 2.20. The fraction of sp³-hybridized carbons (Fsp3) is 0.324. The summed E-state index contributed by atoms with van der Waals surface area (Å²) < 4.78 is 23.5. The minimum atomic E-state index is -0.387. The van der Waals surface area contributed by atoms with Crippen molar-refractivity contribution in [3.8, 4) is 17.2 Å². The first-order chi connectivity index (χ1) is 21.3. The van der Waals surface area contributed by atoms with Crippen LogP contribution in [0.15, 0.2) is 66.7 Å². The zero-order valence-corrected chi connectivity index (χ0v) is 25.8. The van der Waals surface area contributed by atoms with Gasteiger partial charge in [0.05, 0.1) is 58.5 Å². The molecule has 0 saturated heterocycles. The van der Waals surface area contributed by atoms with Gasteiger partial charge in [-0.25, -0.2) is 4.79 Å². The van der Waals surface area contributed by atoms with E-state index in [0.29, 0.717) is 41.0 Å². The van der Waals surface area contributed by atoms with Gasteiger partial charge in [0, 0.05) is 36.7 Å². The number of aryl methyl sites for hydroxylation is 1. The van der Waals surface area contributed by atoms with E-state index in [1.54, 1.807) is 43.0 Å². The highest BCUT2D eigenvalue weighted by Gasteiger charge is 2.30. The predicted molar refractivity (Wildman–Crippen MR) is 166 cm³/mol. The molecule has 1 amide bonds. The number of nitrogens with zero attached hydrogens (tertiary/aromatic N) is 3. The number of hydrogen-bond acceptors (Lipinski definition) is 8. The summed E-state index contributed by atoms with van der Waals surface area (Å²) >= 11 is 0.